The number of nitrogens with zero attached hydrogens (tertiary/aromatic N) is 4. The molecule has 6 nitrogen and oxygen atoms in total. The summed E-state index contributed by atoms with van der Waals surface area (Å²) in [5, 5.41) is 2.94. The highest BCUT2D eigenvalue weighted by Crippen LogP contribution is 2.41. The summed E-state index contributed by atoms with van der Waals surface area (Å²) >= 11 is 0. The molecule has 24 heavy (non-hydrogen) atoms. The van der Waals surface area contributed by atoms with Crippen LogP contribution in [0.2, 0.25) is 0 Å². The van der Waals surface area contributed by atoms with E-state index in [9.17, 15) is 4.79 Å². The van der Waals surface area contributed by atoms with Crippen LogP contribution in [0.5, 0.6) is 0 Å². The summed E-state index contributed by atoms with van der Waals surface area (Å²) in [5.74, 6) is 1.91. The third-order valence-electron chi connectivity index (χ3n) is 5.06. The van der Waals surface area contributed by atoms with Gasteiger partial charge in [0.2, 0.25) is 0 Å². The molecule has 2 aromatic heterocycles. The van der Waals surface area contributed by atoms with Crippen molar-refractivity contribution in [2.75, 3.05) is 5.32 Å². The largest absolute Gasteiger partial charge is 0.323 e. The quantitative estimate of drug-likeness (QED) is 0.921. The molecule has 1 N–H and O–H groups in total. The highest BCUT2D eigenvalue weighted by molar-refractivity contribution is 5.90. The standard InChI is InChI=1S/C18H21N5O/c1-11-6-13-8-14(7-11)23(13)18(24)22-16-9-15(12(2)10-21-16)17-19-4-3-5-20-17/h3-5,9-11,13-14H,6-8H2,1-2H3,(H,21,22,24). The van der Waals surface area contributed by atoms with E-state index in [1.54, 1.807) is 24.7 Å². The molecule has 2 bridgehead atoms. The smallest absolute Gasteiger partial charge is 0.318 e. The van der Waals surface area contributed by atoms with Crippen LogP contribution in [0.15, 0.2) is 30.7 Å². The number of nitrogens with one attached hydrogen (secondary N) is 1. The molecule has 124 valence electrons. The van der Waals surface area contributed by atoms with Gasteiger partial charge in [0.05, 0.1) is 0 Å². The van der Waals surface area contributed by atoms with Crippen molar-refractivity contribution in [1.29, 1.82) is 0 Å². The topological polar surface area (TPSA) is 71.0 Å². The molecule has 6 heteroatoms. The molecule has 0 aliphatic carbocycles. The van der Waals surface area contributed by atoms with Crippen LogP contribution in [0.3, 0.4) is 0 Å². The average Bonchev–Trinajstić information content (AvgIpc) is 2.57. The highest BCUT2D eigenvalue weighted by atomic mass is 16.2. The average molecular weight is 323 g/mol. The highest BCUT2D eigenvalue weighted by Gasteiger charge is 2.46. The molecule has 2 aromatic rings. The van der Waals surface area contributed by atoms with Gasteiger partial charge in [-0.3, -0.25) is 5.32 Å². The van der Waals surface area contributed by atoms with Gasteiger partial charge in [0.25, 0.3) is 0 Å². The zero-order valence-corrected chi connectivity index (χ0v) is 13.9. The summed E-state index contributed by atoms with van der Waals surface area (Å²) in [7, 11) is 0. The fourth-order valence-electron chi connectivity index (χ4n) is 3.92. The summed E-state index contributed by atoms with van der Waals surface area (Å²) in [6, 6.07) is 4.37. The number of carbonyl (C=O) groups is 1. The number of aryl methyl sites for hydroxylation is 1. The van der Waals surface area contributed by atoms with Crippen LogP contribution in [0.25, 0.3) is 11.4 Å². The zero-order chi connectivity index (χ0) is 16.7. The minimum atomic E-state index is -0.0422. The van der Waals surface area contributed by atoms with Gasteiger partial charge < -0.3 is 4.90 Å². The van der Waals surface area contributed by atoms with Gasteiger partial charge in [-0.05, 0) is 49.8 Å². The summed E-state index contributed by atoms with van der Waals surface area (Å²) in [6.07, 6.45) is 8.52. The Morgan fingerprint density at radius 2 is 1.88 bits per heavy atom. The first-order chi connectivity index (χ1) is 11.6. The van der Waals surface area contributed by atoms with E-state index in [4.69, 9.17) is 0 Å². The van der Waals surface area contributed by atoms with E-state index < -0.39 is 0 Å². The van der Waals surface area contributed by atoms with Crippen LogP contribution in [0, 0.1) is 12.8 Å². The van der Waals surface area contributed by atoms with Gasteiger partial charge in [-0.15, -0.1) is 0 Å². The third kappa shape index (κ3) is 2.62. The van der Waals surface area contributed by atoms with E-state index in [0.717, 1.165) is 36.3 Å². The maximum absolute atomic E-state index is 12.6. The summed E-state index contributed by atoms with van der Waals surface area (Å²) in [5.41, 5.74) is 1.87. The minimum absolute atomic E-state index is 0.0422. The van der Waals surface area contributed by atoms with Gasteiger partial charge in [-0.1, -0.05) is 6.92 Å². The van der Waals surface area contributed by atoms with Crippen LogP contribution in [0.4, 0.5) is 10.6 Å². The predicted octanol–water partition coefficient (Wildman–Crippen LogP) is 3.25. The van der Waals surface area contributed by atoms with E-state index in [0.29, 0.717) is 23.7 Å². The van der Waals surface area contributed by atoms with Crippen LogP contribution >= 0.6 is 0 Å². The first-order valence-electron chi connectivity index (χ1n) is 8.45. The van der Waals surface area contributed by atoms with Crippen molar-refractivity contribution in [2.45, 2.75) is 45.2 Å². The van der Waals surface area contributed by atoms with Crippen molar-refractivity contribution in [3.8, 4) is 11.4 Å². The van der Waals surface area contributed by atoms with Crippen LogP contribution in [-0.2, 0) is 0 Å². The number of piperidine rings is 1. The SMILES string of the molecule is Cc1cnc(NC(=O)N2C3CC(C)CC2C3)cc1-c1ncccn1. The summed E-state index contributed by atoms with van der Waals surface area (Å²) < 4.78 is 0. The number of rotatable bonds is 2. The molecule has 2 aliphatic heterocycles. The molecule has 2 aliphatic rings. The lowest BCUT2D eigenvalue weighted by atomic mass is 9.74. The number of amides is 2. The molecule has 4 heterocycles. The molecule has 2 fully saturated rings. The van der Waals surface area contributed by atoms with Crippen molar-refractivity contribution < 1.29 is 4.79 Å². The Balaban J connectivity index is 1.52. The van der Waals surface area contributed by atoms with Gasteiger partial charge in [0.1, 0.15) is 5.82 Å². The van der Waals surface area contributed by atoms with Crippen molar-refractivity contribution in [2.24, 2.45) is 5.92 Å². The summed E-state index contributed by atoms with van der Waals surface area (Å²) in [6.45, 7) is 4.23. The Morgan fingerprint density at radius 3 is 2.58 bits per heavy atom. The number of urea groups is 1. The molecule has 0 spiro atoms. The first-order valence-corrected chi connectivity index (χ1v) is 8.45. The lowest BCUT2D eigenvalue weighted by Gasteiger charge is -2.54. The molecule has 0 radical (unpaired) electrons. The van der Waals surface area contributed by atoms with E-state index in [-0.39, 0.29) is 6.03 Å². The van der Waals surface area contributed by atoms with Gasteiger partial charge in [0, 0.05) is 36.2 Å². The van der Waals surface area contributed by atoms with Gasteiger partial charge in [-0.25, -0.2) is 19.7 Å². The molecule has 2 amide bonds. The molecule has 0 saturated carbocycles. The minimum Gasteiger partial charge on any atom is -0.318 e. The lowest BCUT2D eigenvalue weighted by Crippen LogP contribution is -2.63. The molecule has 2 atom stereocenters. The second-order valence-corrected chi connectivity index (χ2v) is 6.91. The number of aromatic nitrogens is 3. The fourth-order valence-corrected chi connectivity index (χ4v) is 3.92. The lowest BCUT2D eigenvalue weighted by molar-refractivity contribution is -0.00603. The molecule has 0 aromatic carbocycles. The number of anilines is 1. The molecule has 2 saturated heterocycles. The predicted molar refractivity (Wildman–Crippen MR) is 91.4 cm³/mol. The molecular weight excluding hydrogens is 302 g/mol. The van der Waals surface area contributed by atoms with Crippen LogP contribution in [0.1, 0.15) is 31.7 Å². The van der Waals surface area contributed by atoms with Crippen molar-refractivity contribution in [3.05, 3.63) is 36.3 Å². The number of hydrogen-bond acceptors (Lipinski definition) is 4. The second kappa shape index (κ2) is 5.85. The van der Waals surface area contributed by atoms with E-state index in [1.165, 1.54) is 0 Å². The second-order valence-electron chi connectivity index (χ2n) is 6.91. The van der Waals surface area contributed by atoms with E-state index in [1.807, 2.05) is 17.9 Å². The Hall–Kier alpha value is -2.50. The maximum atomic E-state index is 12.6. The number of carbonyl (C=O) groups excluding carboxylic acids is 1. The van der Waals surface area contributed by atoms with Crippen LogP contribution in [-0.4, -0.2) is 38.0 Å². The van der Waals surface area contributed by atoms with E-state index >= 15 is 0 Å². The van der Waals surface area contributed by atoms with Crippen molar-refractivity contribution >= 4 is 11.8 Å². The Kier molecular flexibility index (Phi) is 3.67. The van der Waals surface area contributed by atoms with Gasteiger partial charge in [0.15, 0.2) is 5.82 Å². The van der Waals surface area contributed by atoms with E-state index in [2.05, 4.69) is 27.2 Å². The number of hydrogen-bond donors (Lipinski definition) is 1. The number of pyridine rings is 1. The Morgan fingerprint density at radius 1 is 1.17 bits per heavy atom. The first kappa shape index (κ1) is 15.1. The Labute approximate surface area is 141 Å². The monoisotopic (exact) mass is 323 g/mol. The van der Waals surface area contributed by atoms with Gasteiger partial charge in [-0.2, -0.15) is 0 Å². The molecule has 4 rings (SSSR count). The van der Waals surface area contributed by atoms with Crippen molar-refractivity contribution in [1.82, 2.24) is 19.9 Å². The molecular formula is C18H21N5O. The zero-order valence-electron chi connectivity index (χ0n) is 13.9. The van der Waals surface area contributed by atoms with Gasteiger partial charge >= 0.3 is 6.03 Å². The van der Waals surface area contributed by atoms with Crippen LogP contribution < -0.4 is 5.32 Å². The number of fused-ring (bicyclic) bond motifs is 2. The third-order valence-corrected chi connectivity index (χ3v) is 5.06. The molecule has 2 unspecified atom stereocenters. The van der Waals surface area contributed by atoms with Crippen molar-refractivity contribution in [3.63, 3.8) is 0 Å². The Bertz CT molecular complexity index is 751. The summed E-state index contributed by atoms with van der Waals surface area (Å²) in [4.78, 5) is 27.5. The fraction of sp³-hybridized carbons (Fsp3) is 0.444. The normalized spacial score (nSPS) is 25.1. The maximum Gasteiger partial charge on any atom is 0.323 e.